The fraction of sp³-hybridized carbons (Fsp3) is 0.750. The number of aromatic nitrogens is 3. The average Bonchev–Trinajstić information content (AvgIpc) is 2.72. The number of ether oxygens (including phenoxy) is 1. The first kappa shape index (κ1) is 13.8. The first-order valence-corrected chi connectivity index (χ1v) is 6.01. The van der Waals surface area contributed by atoms with Crippen LogP contribution in [-0.2, 0) is 16.1 Å². The van der Waals surface area contributed by atoms with Crippen molar-refractivity contribution < 1.29 is 9.53 Å². The quantitative estimate of drug-likeness (QED) is 0.679. The summed E-state index contributed by atoms with van der Waals surface area (Å²) < 4.78 is 7.04. The molecular weight excluding hydrogens is 218 g/mol. The normalized spacial score (nSPS) is 11.4. The number of carbonyl (C=O) groups excluding carboxylic acids is 1. The Balaban J connectivity index is 2.24. The minimum absolute atomic E-state index is 0.0360. The van der Waals surface area contributed by atoms with Gasteiger partial charge in [-0.25, -0.2) is 4.68 Å². The summed E-state index contributed by atoms with van der Waals surface area (Å²) in [4.78, 5) is 11.3. The lowest BCUT2D eigenvalue weighted by Crippen LogP contribution is -2.17. The zero-order valence-electron chi connectivity index (χ0n) is 11.0. The summed E-state index contributed by atoms with van der Waals surface area (Å²) in [5, 5.41) is 8.04. The Kier molecular flexibility index (Phi) is 5.28. The molecule has 0 atom stereocenters. The molecule has 0 unspecified atom stereocenters. The van der Waals surface area contributed by atoms with Crippen LogP contribution in [0.15, 0.2) is 6.20 Å². The summed E-state index contributed by atoms with van der Waals surface area (Å²) in [6.45, 7) is 9.20. The van der Waals surface area contributed by atoms with Crippen LogP contribution in [0.4, 0.5) is 0 Å². The first-order valence-electron chi connectivity index (χ1n) is 6.01. The Morgan fingerprint density at radius 2 is 2.12 bits per heavy atom. The first-order chi connectivity index (χ1) is 8.00. The molecule has 17 heavy (non-hydrogen) atoms. The van der Waals surface area contributed by atoms with Crippen LogP contribution in [0.3, 0.4) is 0 Å². The summed E-state index contributed by atoms with van der Waals surface area (Å²) in [7, 11) is 0. The number of Topliss-reactive ketones (excluding diaryl/α,β-unsaturated/α-hetero) is 1. The predicted octanol–water partition coefficient (Wildman–Crippen LogP) is 1.64. The number of rotatable bonds is 7. The van der Waals surface area contributed by atoms with E-state index in [0.29, 0.717) is 19.1 Å². The van der Waals surface area contributed by atoms with E-state index < -0.39 is 0 Å². The van der Waals surface area contributed by atoms with Gasteiger partial charge in [-0.15, -0.1) is 5.10 Å². The molecule has 0 aromatic carbocycles. The van der Waals surface area contributed by atoms with E-state index in [1.165, 1.54) is 0 Å². The molecule has 1 rings (SSSR count). The molecule has 0 aliphatic carbocycles. The van der Waals surface area contributed by atoms with Crippen molar-refractivity contribution in [3.63, 3.8) is 0 Å². The van der Waals surface area contributed by atoms with Gasteiger partial charge in [-0.05, 0) is 5.92 Å². The van der Waals surface area contributed by atoms with Crippen LogP contribution < -0.4 is 0 Å². The van der Waals surface area contributed by atoms with Crippen LogP contribution in [0.1, 0.15) is 39.3 Å². The lowest BCUT2D eigenvalue weighted by atomic mass is 10.1. The number of nitrogens with zero attached hydrogens (tertiary/aromatic N) is 3. The van der Waals surface area contributed by atoms with E-state index in [1.807, 2.05) is 20.0 Å². The molecule has 0 saturated heterocycles. The van der Waals surface area contributed by atoms with Gasteiger partial charge in [0.2, 0.25) is 0 Å². The highest BCUT2D eigenvalue weighted by molar-refractivity contribution is 5.81. The SMILES string of the molecule is CC(C)C(=O)COCCn1cc(C(C)C)nn1. The summed E-state index contributed by atoms with van der Waals surface area (Å²) in [6, 6.07) is 0. The molecule has 96 valence electrons. The summed E-state index contributed by atoms with van der Waals surface area (Å²) in [5.74, 6) is 0.549. The van der Waals surface area contributed by atoms with Crippen LogP contribution in [0.5, 0.6) is 0 Å². The lowest BCUT2D eigenvalue weighted by molar-refractivity contribution is -0.126. The van der Waals surface area contributed by atoms with Crippen molar-refractivity contribution in [3.8, 4) is 0 Å². The molecule has 1 aromatic heterocycles. The third-order valence-electron chi connectivity index (χ3n) is 2.50. The molecule has 5 heteroatoms. The maximum absolute atomic E-state index is 11.3. The van der Waals surface area contributed by atoms with Gasteiger partial charge in [0, 0.05) is 12.1 Å². The average molecular weight is 239 g/mol. The van der Waals surface area contributed by atoms with Crippen LogP contribution in [-0.4, -0.2) is 34.0 Å². The number of hydrogen-bond donors (Lipinski definition) is 0. The van der Waals surface area contributed by atoms with Crippen molar-refractivity contribution in [1.29, 1.82) is 0 Å². The van der Waals surface area contributed by atoms with Gasteiger partial charge in [0.05, 0.1) is 18.8 Å². The maximum atomic E-state index is 11.3. The monoisotopic (exact) mass is 239 g/mol. The Morgan fingerprint density at radius 3 is 2.65 bits per heavy atom. The fourth-order valence-electron chi connectivity index (χ4n) is 1.18. The zero-order valence-corrected chi connectivity index (χ0v) is 11.0. The van der Waals surface area contributed by atoms with Crippen LogP contribution in [0, 0.1) is 5.92 Å². The number of carbonyl (C=O) groups is 1. The molecule has 5 nitrogen and oxygen atoms in total. The van der Waals surface area contributed by atoms with E-state index in [2.05, 4.69) is 24.2 Å². The van der Waals surface area contributed by atoms with E-state index in [-0.39, 0.29) is 18.3 Å². The Morgan fingerprint density at radius 1 is 1.41 bits per heavy atom. The number of ketones is 1. The van der Waals surface area contributed by atoms with E-state index in [9.17, 15) is 4.79 Å². The minimum Gasteiger partial charge on any atom is -0.372 e. The standard InChI is InChI=1S/C12H21N3O2/c1-9(2)11-7-15(14-13-11)5-6-17-8-12(16)10(3)4/h7,9-10H,5-6,8H2,1-4H3. The molecule has 0 spiro atoms. The van der Waals surface area contributed by atoms with Gasteiger partial charge in [-0.2, -0.15) is 0 Å². The summed E-state index contributed by atoms with van der Waals surface area (Å²) in [6.07, 6.45) is 1.91. The zero-order chi connectivity index (χ0) is 12.8. The minimum atomic E-state index is 0.0360. The second kappa shape index (κ2) is 6.49. The highest BCUT2D eigenvalue weighted by Gasteiger charge is 2.07. The Hall–Kier alpha value is -1.23. The molecule has 0 saturated carbocycles. The molecular formula is C12H21N3O2. The van der Waals surface area contributed by atoms with Crippen molar-refractivity contribution in [2.24, 2.45) is 5.92 Å². The van der Waals surface area contributed by atoms with Crippen molar-refractivity contribution in [1.82, 2.24) is 15.0 Å². The van der Waals surface area contributed by atoms with Crippen molar-refractivity contribution >= 4 is 5.78 Å². The summed E-state index contributed by atoms with van der Waals surface area (Å²) >= 11 is 0. The van der Waals surface area contributed by atoms with Crippen molar-refractivity contribution in [2.75, 3.05) is 13.2 Å². The third kappa shape index (κ3) is 4.65. The smallest absolute Gasteiger partial charge is 0.160 e. The highest BCUT2D eigenvalue weighted by atomic mass is 16.5. The topological polar surface area (TPSA) is 57.0 Å². The van der Waals surface area contributed by atoms with Crippen LogP contribution in [0.25, 0.3) is 0 Å². The maximum Gasteiger partial charge on any atom is 0.160 e. The second-order valence-electron chi connectivity index (χ2n) is 4.73. The number of hydrogen-bond acceptors (Lipinski definition) is 4. The fourth-order valence-corrected chi connectivity index (χ4v) is 1.18. The largest absolute Gasteiger partial charge is 0.372 e. The van der Waals surface area contributed by atoms with Crippen LogP contribution >= 0.6 is 0 Å². The predicted molar refractivity (Wildman–Crippen MR) is 64.8 cm³/mol. The van der Waals surface area contributed by atoms with E-state index in [1.54, 1.807) is 4.68 Å². The second-order valence-corrected chi connectivity index (χ2v) is 4.73. The molecule has 0 radical (unpaired) electrons. The van der Waals surface area contributed by atoms with E-state index in [4.69, 9.17) is 4.74 Å². The molecule has 1 aromatic rings. The molecule has 0 N–H and O–H groups in total. The lowest BCUT2D eigenvalue weighted by Gasteiger charge is -2.05. The van der Waals surface area contributed by atoms with Gasteiger partial charge < -0.3 is 4.74 Å². The van der Waals surface area contributed by atoms with Gasteiger partial charge >= 0.3 is 0 Å². The van der Waals surface area contributed by atoms with Gasteiger partial charge in [-0.1, -0.05) is 32.9 Å². The molecule has 0 bridgehead atoms. The van der Waals surface area contributed by atoms with E-state index >= 15 is 0 Å². The van der Waals surface area contributed by atoms with Gasteiger partial charge in [-0.3, -0.25) is 4.79 Å². The van der Waals surface area contributed by atoms with Gasteiger partial charge in [0.25, 0.3) is 0 Å². The molecule has 1 heterocycles. The van der Waals surface area contributed by atoms with Gasteiger partial charge in [0.1, 0.15) is 6.61 Å². The van der Waals surface area contributed by atoms with Crippen molar-refractivity contribution in [3.05, 3.63) is 11.9 Å². The molecule has 0 aliphatic rings. The Labute approximate surface area is 102 Å². The molecule has 0 fully saturated rings. The van der Waals surface area contributed by atoms with Crippen molar-refractivity contribution in [2.45, 2.75) is 40.2 Å². The summed E-state index contributed by atoms with van der Waals surface area (Å²) in [5.41, 5.74) is 0.975. The van der Waals surface area contributed by atoms with E-state index in [0.717, 1.165) is 5.69 Å². The highest BCUT2D eigenvalue weighted by Crippen LogP contribution is 2.08. The Bertz CT molecular complexity index is 358. The van der Waals surface area contributed by atoms with Crippen LogP contribution in [0.2, 0.25) is 0 Å². The molecule has 0 aliphatic heterocycles. The molecule has 0 amide bonds. The van der Waals surface area contributed by atoms with Gasteiger partial charge in [0.15, 0.2) is 5.78 Å². The third-order valence-corrected chi connectivity index (χ3v) is 2.50.